The van der Waals surface area contributed by atoms with Crippen molar-refractivity contribution in [1.29, 1.82) is 0 Å². The molecule has 0 spiro atoms. The summed E-state index contributed by atoms with van der Waals surface area (Å²) in [6, 6.07) is 0. The molecule has 0 aromatic rings. The van der Waals surface area contributed by atoms with E-state index in [1.54, 1.807) is 0 Å². The van der Waals surface area contributed by atoms with Gasteiger partial charge in [-0.1, -0.05) is 6.08 Å². The van der Waals surface area contributed by atoms with Crippen LogP contribution in [0.1, 0.15) is 20.3 Å². The number of hydrogen-bond donors (Lipinski definition) is 2. The minimum atomic E-state index is -0.800. The van der Waals surface area contributed by atoms with E-state index in [2.05, 4.69) is 6.58 Å². The maximum absolute atomic E-state index is 9.53. The third-order valence-corrected chi connectivity index (χ3v) is 1.66. The molecular formula is C11H20O4. The Morgan fingerprint density at radius 3 is 2.13 bits per heavy atom. The van der Waals surface area contributed by atoms with Gasteiger partial charge in [-0.15, -0.1) is 6.58 Å². The molecule has 0 aromatic heterocycles. The Morgan fingerprint density at radius 1 is 1.20 bits per heavy atom. The maximum atomic E-state index is 9.53. The molecule has 0 aliphatic heterocycles. The van der Waals surface area contributed by atoms with E-state index in [1.165, 1.54) is 12.2 Å². The molecule has 0 aromatic carbocycles. The number of hydrogen-bond acceptors (Lipinski definition) is 4. The van der Waals surface area contributed by atoms with Gasteiger partial charge in [0.05, 0.1) is 25.4 Å². The van der Waals surface area contributed by atoms with Crippen LogP contribution in [0.4, 0.5) is 0 Å². The Bertz CT molecular complexity index is 193. The van der Waals surface area contributed by atoms with E-state index in [0.29, 0.717) is 19.2 Å². The number of aliphatic hydroxyl groups is 2. The molecule has 4 nitrogen and oxygen atoms in total. The highest BCUT2D eigenvalue weighted by molar-refractivity contribution is 4.94. The Kier molecular flexibility index (Phi) is 7.77. The van der Waals surface area contributed by atoms with Crippen LogP contribution in [0.15, 0.2) is 24.7 Å². The number of ether oxygens (including phenoxy) is 2. The molecule has 0 heterocycles. The van der Waals surface area contributed by atoms with Crippen molar-refractivity contribution in [3.05, 3.63) is 24.7 Å². The minimum absolute atomic E-state index is 0.188. The fraction of sp³-hybridized carbons (Fsp3) is 0.636. The van der Waals surface area contributed by atoms with Gasteiger partial charge in [0.25, 0.3) is 5.95 Å². The first-order chi connectivity index (χ1) is 7.13. The molecule has 0 bridgehead atoms. The van der Waals surface area contributed by atoms with Crippen LogP contribution in [0.25, 0.3) is 0 Å². The van der Waals surface area contributed by atoms with E-state index in [9.17, 15) is 10.2 Å². The second-order valence-corrected chi connectivity index (χ2v) is 2.96. The molecule has 0 amide bonds. The van der Waals surface area contributed by atoms with Crippen LogP contribution in [-0.4, -0.2) is 35.6 Å². The normalized spacial score (nSPS) is 13.9. The molecule has 0 radical (unpaired) electrons. The van der Waals surface area contributed by atoms with Gasteiger partial charge in [0.2, 0.25) is 0 Å². The van der Waals surface area contributed by atoms with E-state index < -0.39 is 12.2 Å². The number of aliphatic hydroxyl groups excluding tert-OH is 2. The molecule has 4 heteroatoms. The molecular weight excluding hydrogens is 196 g/mol. The SMILES string of the molecule is C=C[C@@H](O)C[C@@H](O)C=C(OCC)OCC. The summed E-state index contributed by atoms with van der Waals surface area (Å²) in [6.07, 6.45) is 1.48. The van der Waals surface area contributed by atoms with Gasteiger partial charge in [0.1, 0.15) is 0 Å². The van der Waals surface area contributed by atoms with Crippen molar-refractivity contribution in [2.45, 2.75) is 32.5 Å². The third-order valence-electron chi connectivity index (χ3n) is 1.66. The third kappa shape index (κ3) is 6.99. The van der Waals surface area contributed by atoms with Crippen molar-refractivity contribution < 1.29 is 19.7 Å². The Hall–Kier alpha value is -1.00. The van der Waals surface area contributed by atoms with Crippen molar-refractivity contribution in [2.24, 2.45) is 0 Å². The van der Waals surface area contributed by atoms with Gasteiger partial charge in [-0.2, -0.15) is 0 Å². The van der Waals surface area contributed by atoms with Crippen molar-refractivity contribution in [3.63, 3.8) is 0 Å². The molecule has 0 fully saturated rings. The molecule has 2 N–H and O–H groups in total. The zero-order chi connectivity index (χ0) is 11.7. The number of rotatable bonds is 8. The van der Waals surface area contributed by atoms with Crippen molar-refractivity contribution >= 4 is 0 Å². The summed E-state index contributed by atoms with van der Waals surface area (Å²) < 4.78 is 10.3. The van der Waals surface area contributed by atoms with E-state index in [0.717, 1.165) is 0 Å². The Labute approximate surface area is 90.8 Å². The monoisotopic (exact) mass is 216 g/mol. The summed E-state index contributed by atoms with van der Waals surface area (Å²) in [7, 11) is 0. The lowest BCUT2D eigenvalue weighted by Crippen LogP contribution is -2.15. The van der Waals surface area contributed by atoms with Crippen LogP contribution in [-0.2, 0) is 9.47 Å². The molecule has 0 rings (SSSR count). The lowest BCUT2D eigenvalue weighted by molar-refractivity contribution is 0.0381. The average molecular weight is 216 g/mol. The van der Waals surface area contributed by atoms with Gasteiger partial charge in [0, 0.05) is 12.5 Å². The molecule has 0 aliphatic rings. The average Bonchev–Trinajstić information content (AvgIpc) is 2.18. The van der Waals surface area contributed by atoms with Gasteiger partial charge < -0.3 is 19.7 Å². The Balaban J connectivity index is 4.18. The highest BCUT2D eigenvalue weighted by atomic mass is 16.7. The van der Waals surface area contributed by atoms with Gasteiger partial charge >= 0.3 is 0 Å². The van der Waals surface area contributed by atoms with Gasteiger partial charge in [-0.3, -0.25) is 0 Å². The molecule has 15 heavy (non-hydrogen) atoms. The van der Waals surface area contributed by atoms with E-state index >= 15 is 0 Å². The van der Waals surface area contributed by atoms with Crippen molar-refractivity contribution in [2.75, 3.05) is 13.2 Å². The zero-order valence-corrected chi connectivity index (χ0v) is 9.35. The molecule has 0 aliphatic carbocycles. The Morgan fingerprint density at radius 2 is 1.73 bits per heavy atom. The fourth-order valence-electron chi connectivity index (χ4n) is 0.991. The second kappa shape index (κ2) is 8.32. The van der Waals surface area contributed by atoms with E-state index in [1.807, 2.05) is 13.8 Å². The standard InChI is InChI=1S/C11H20O4/c1-4-9(12)7-10(13)8-11(14-5-2)15-6-3/h4,8-10,12-13H,1,5-7H2,2-3H3/t9-,10-/m1/s1. The first-order valence-electron chi connectivity index (χ1n) is 5.10. The predicted molar refractivity (Wildman–Crippen MR) is 58.2 cm³/mol. The van der Waals surface area contributed by atoms with Crippen LogP contribution in [0.2, 0.25) is 0 Å². The highest BCUT2D eigenvalue weighted by Crippen LogP contribution is 2.07. The van der Waals surface area contributed by atoms with Gasteiger partial charge in [-0.25, -0.2) is 0 Å². The van der Waals surface area contributed by atoms with Gasteiger partial charge in [-0.05, 0) is 13.8 Å². The molecule has 0 unspecified atom stereocenters. The van der Waals surface area contributed by atoms with Crippen LogP contribution in [0.3, 0.4) is 0 Å². The first-order valence-corrected chi connectivity index (χ1v) is 5.10. The second-order valence-electron chi connectivity index (χ2n) is 2.96. The molecule has 2 atom stereocenters. The summed E-state index contributed by atoms with van der Waals surface area (Å²) in [6.45, 7) is 8.03. The molecule has 0 saturated heterocycles. The molecule has 88 valence electrons. The van der Waals surface area contributed by atoms with Crippen LogP contribution in [0, 0.1) is 0 Å². The quantitative estimate of drug-likeness (QED) is 0.473. The maximum Gasteiger partial charge on any atom is 0.277 e. The summed E-state index contributed by atoms with van der Waals surface area (Å²) >= 11 is 0. The lowest BCUT2D eigenvalue weighted by Gasteiger charge is -2.12. The smallest absolute Gasteiger partial charge is 0.277 e. The van der Waals surface area contributed by atoms with Crippen LogP contribution in [0.5, 0.6) is 0 Å². The van der Waals surface area contributed by atoms with Crippen molar-refractivity contribution in [3.8, 4) is 0 Å². The van der Waals surface area contributed by atoms with E-state index in [4.69, 9.17) is 9.47 Å². The topological polar surface area (TPSA) is 58.9 Å². The largest absolute Gasteiger partial charge is 0.466 e. The lowest BCUT2D eigenvalue weighted by atomic mass is 10.1. The van der Waals surface area contributed by atoms with Crippen LogP contribution >= 0.6 is 0 Å². The summed E-state index contributed by atoms with van der Waals surface area (Å²) in [5, 5.41) is 18.7. The minimum Gasteiger partial charge on any atom is -0.466 e. The summed E-state index contributed by atoms with van der Waals surface area (Å²) in [5.74, 6) is 0.295. The highest BCUT2D eigenvalue weighted by Gasteiger charge is 2.09. The van der Waals surface area contributed by atoms with E-state index in [-0.39, 0.29) is 6.42 Å². The summed E-state index contributed by atoms with van der Waals surface area (Å²) in [5.41, 5.74) is 0. The van der Waals surface area contributed by atoms with Gasteiger partial charge in [0.15, 0.2) is 0 Å². The van der Waals surface area contributed by atoms with Crippen molar-refractivity contribution in [1.82, 2.24) is 0 Å². The molecule has 0 saturated carbocycles. The van der Waals surface area contributed by atoms with Crippen LogP contribution < -0.4 is 0 Å². The first kappa shape index (κ1) is 14.0. The zero-order valence-electron chi connectivity index (χ0n) is 9.35. The predicted octanol–water partition coefficient (Wildman–Crippen LogP) is 1.20. The summed E-state index contributed by atoms with van der Waals surface area (Å²) in [4.78, 5) is 0. The fourth-order valence-corrected chi connectivity index (χ4v) is 0.991.